The van der Waals surface area contributed by atoms with Crippen molar-refractivity contribution in [1.82, 2.24) is 0 Å². The average molecular weight is 797 g/mol. The second-order valence-corrected chi connectivity index (χ2v) is 15.5. The maximum absolute atomic E-state index is 11.5. The van der Waals surface area contributed by atoms with Crippen molar-refractivity contribution in [2.45, 2.75) is 67.2 Å². The molecule has 6 aromatic carbocycles. The van der Waals surface area contributed by atoms with E-state index in [2.05, 4.69) is 186 Å². The van der Waals surface area contributed by atoms with Crippen LogP contribution in [-0.2, 0) is 31.9 Å². The first-order chi connectivity index (χ1) is 28.9. The first-order valence-corrected chi connectivity index (χ1v) is 20.7. The first-order valence-electron chi connectivity index (χ1n) is 20.7. The Morgan fingerprint density at radius 2 is 0.817 bits per heavy atom. The van der Waals surface area contributed by atoms with Gasteiger partial charge in [-0.1, -0.05) is 61.7 Å². The smallest absolute Gasteiger partial charge is 0.330 e. The van der Waals surface area contributed by atoms with E-state index < -0.39 is 0 Å². The van der Waals surface area contributed by atoms with Gasteiger partial charge in [0.25, 0.3) is 0 Å². The van der Waals surface area contributed by atoms with Crippen molar-refractivity contribution < 1.29 is 19.1 Å². The fraction of sp³-hybridized carbons (Fsp3) is 0.222. The molecule has 0 heterocycles. The fourth-order valence-electron chi connectivity index (χ4n) is 7.40. The highest BCUT2D eigenvalue weighted by molar-refractivity contribution is 5.84. The number of benzene rings is 6. The number of rotatable bonds is 17. The predicted octanol–water partition coefficient (Wildman–Crippen LogP) is 13.5. The van der Waals surface area contributed by atoms with E-state index in [1.54, 1.807) is 0 Å². The SMILES string of the molecule is C=CC(=O)OCCCc1ccc(N(c2ccc(C)c(C)c2)c2ccc(-c3ccc(N(c4ccc(CCCOC(=O)C=C)cc4)c4ccc(C)c(C)c4)c(C)c3)cc2C)cc1. The van der Waals surface area contributed by atoms with Crippen molar-refractivity contribution in [2.75, 3.05) is 23.0 Å². The lowest BCUT2D eigenvalue weighted by Crippen LogP contribution is -2.12. The maximum atomic E-state index is 11.5. The van der Waals surface area contributed by atoms with Gasteiger partial charge in [0.05, 0.1) is 13.2 Å². The molecule has 0 radical (unpaired) electrons. The number of anilines is 6. The van der Waals surface area contributed by atoms with Crippen molar-refractivity contribution >= 4 is 46.1 Å². The standard InChI is InChI=1S/C54H56N2O4/c1-9-53(57)59-31-11-13-43-17-25-47(26-18-43)55(49-23-15-37(3)39(5)35-49)51-29-21-45(33-41(51)7)46-22-30-52(42(8)34-46)56(50-24-16-38(4)40(6)36-50)48-27-19-44(20-28-48)14-12-32-60-54(58)10-2/h9-10,15-30,33-36H,1-2,11-14,31-32H2,3-8H3. The van der Waals surface area contributed by atoms with Gasteiger partial charge in [-0.15, -0.1) is 0 Å². The summed E-state index contributed by atoms with van der Waals surface area (Å²) < 4.78 is 10.4. The van der Waals surface area contributed by atoms with Gasteiger partial charge in [0, 0.05) is 46.3 Å². The molecule has 6 rings (SSSR count). The Hall–Kier alpha value is -6.66. The summed E-state index contributed by atoms with van der Waals surface area (Å²) in [4.78, 5) is 27.6. The summed E-state index contributed by atoms with van der Waals surface area (Å²) in [6.07, 6.45) is 5.52. The number of carbonyl (C=O) groups is 2. The van der Waals surface area contributed by atoms with E-state index in [0.29, 0.717) is 13.2 Å². The van der Waals surface area contributed by atoms with Crippen LogP contribution in [0.15, 0.2) is 147 Å². The summed E-state index contributed by atoms with van der Waals surface area (Å²) in [5.74, 6) is -0.776. The monoisotopic (exact) mass is 796 g/mol. The van der Waals surface area contributed by atoms with Gasteiger partial charge in [0.1, 0.15) is 0 Å². The van der Waals surface area contributed by atoms with E-state index in [1.807, 2.05) is 0 Å². The van der Waals surface area contributed by atoms with Gasteiger partial charge in [-0.3, -0.25) is 0 Å². The Morgan fingerprint density at radius 3 is 1.15 bits per heavy atom. The number of aryl methyl sites for hydroxylation is 8. The summed E-state index contributed by atoms with van der Waals surface area (Å²) in [7, 11) is 0. The van der Waals surface area contributed by atoms with Crippen molar-refractivity contribution in [3.05, 3.63) is 191 Å². The number of carbonyl (C=O) groups excluding carboxylic acids is 2. The lowest BCUT2D eigenvalue weighted by Gasteiger charge is -2.29. The van der Waals surface area contributed by atoms with E-state index in [9.17, 15) is 9.59 Å². The van der Waals surface area contributed by atoms with Gasteiger partial charge < -0.3 is 19.3 Å². The summed E-state index contributed by atoms with van der Waals surface area (Å²) in [6.45, 7) is 20.7. The highest BCUT2D eigenvalue weighted by atomic mass is 16.5. The summed E-state index contributed by atoms with van der Waals surface area (Å²) in [5, 5.41) is 0. The van der Waals surface area contributed by atoms with Crippen LogP contribution in [0.3, 0.4) is 0 Å². The van der Waals surface area contributed by atoms with Gasteiger partial charge in [-0.05, 0) is 196 Å². The molecule has 0 aliphatic carbocycles. The predicted molar refractivity (Wildman–Crippen MR) is 249 cm³/mol. The quantitative estimate of drug-likeness (QED) is 0.0520. The third kappa shape index (κ3) is 10.5. The zero-order chi connectivity index (χ0) is 42.8. The second kappa shape index (κ2) is 19.9. The third-order valence-electron chi connectivity index (χ3n) is 11.1. The van der Waals surface area contributed by atoms with Gasteiger partial charge in [0.15, 0.2) is 0 Å². The molecular formula is C54H56N2O4. The molecule has 306 valence electrons. The molecule has 0 atom stereocenters. The van der Waals surface area contributed by atoms with Gasteiger partial charge in [0.2, 0.25) is 0 Å². The summed E-state index contributed by atoms with van der Waals surface area (Å²) in [5.41, 5.74) is 18.6. The van der Waals surface area contributed by atoms with Crippen LogP contribution >= 0.6 is 0 Å². The molecule has 60 heavy (non-hydrogen) atoms. The average Bonchev–Trinajstić information content (AvgIpc) is 3.25. The van der Waals surface area contributed by atoms with Crippen LogP contribution in [0.1, 0.15) is 57.3 Å². The molecule has 0 aliphatic heterocycles. The number of hydrogen-bond acceptors (Lipinski definition) is 6. The molecule has 0 amide bonds. The van der Waals surface area contributed by atoms with Gasteiger partial charge in [-0.25, -0.2) is 9.59 Å². The van der Waals surface area contributed by atoms with Crippen molar-refractivity contribution in [1.29, 1.82) is 0 Å². The van der Waals surface area contributed by atoms with Gasteiger partial charge >= 0.3 is 11.9 Å². The van der Waals surface area contributed by atoms with Crippen molar-refractivity contribution in [2.24, 2.45) is 0 Å². The van der Waals surface area contributed by atoms with Crippen LogP contribution in [0.4, 0.5) is 34.1 Å². The highest BCUT2D eigenvalue weighted by Crippen LogP contribution is 2.41. The minimum absolute atomic E-state index is 0.369. The maximum Gasteiger partial charge on any atom is 0.330 e. The molecular weight excluding hydrogens is 741 g/mol. The second-order valence-electron chi connectivity index (χ2n) is 15.5. The molecule has 6 aromatic rings. The molecule has 0 saturated carbocycles. The first kappa shape index (κ1) is 42.9. The number of ether oxygens (including phenoxy) is 2. The largest absolute Gasteiger partial charge is 0.463 e. The highest BCUT2D eigenvalue weighted by Gasteiger charge is 2.19. The lowest BCUT2D eigenvalue weighted by atomic mass is 9.98. The Morgan fingerprint density at radius 1 is 0.450 bits per heavy atom. The molecule has 0 fully saturated rings. The number of esters is 2. The van der Waals surface area contributed by atoms with Crippen LogP contribution in [0.25, 0.3) is 11.1 Å². The Labute approximate surface area is 356 Å². The van der Waals surface area contributed by atoms with E-state index in [0.717, 1.165) is 82.1 Å². The van der Waals surface area contributed by atoms with Crippen LogP contribution in [-0.4, -0.2) is 25.2 Å². The Kier molecular flexibility index (Phi) is 14.2. The van der Waals surface area contributed by atoms with Crippen LogP contribution in [0.5, 0.6) is 0 Å². The topological polar surface area (TPSA) is 59.1 Å². The van der Waals surface area contributed by atoms with E-state index in [4.69, 9.17) is 9.47 Å². The number of nitrogens with zero attached hydrogens (tertiary/aromatic N) is 2. The van der Waals surface area contributed by atoms with E-state index >= 15 is 0 Å². The molecule has 0 N–H and O–H groups in total. The molecule has 0 unspecified atom stereocenters. The Balaban J connectivity index is 1.28. The zero-order valence-electron chi connectivity index (χ0n) is 35.9. The molecule has 0 saturated heterocycles. The summed E-state index contributed by atoms with van der Waals surface area (Å²) >= 11 is 0. The minimum Gasteiger partial charge on any atom is -0.463 e. The normalized spacial score (nSPS) is 10.8. The van der Waals surface area contributed by atoms with Gasteiger partial charge in [-0.2, -0.15) is 0 Å². The fourth-order valence-corrected chi connectivity index (χ4v) is 7.40. The van der Waals surface area contributed by atoms with Crippen molar-refractivity contribution in [3.8, 4) is 11.1 Å². The van der Waals surface area contributed by atoms with Crippen LogP contribution in [0.2, 0.25) is 0 Å². The molecule has 0 aliphatic rings. The van der Waals surface area contributed by atoms with E-state index in [1.165, 1.54) is 45.5 Å². The minimum atomic E-state index is -0.388. The molecule has 0 bridgehead atoms. The third-order valence-corrected chi connectivity index (χ3v) is 11.1. The Bertz CT molecular complexity index is 2310. The molecule has 0 aromatic heterocycles. The molecule has 6 heteroatoms. The van der Waals surface area contributed by atoms with Crippen LogP contribution in [0, 0.1) is 41.5 Å². The molecule has 6 nitrogen and oxygen atoms in total. The number of hydrogen-bond donors (Lipinski definition) is 0. The summed E-state index contributed by atoms with van der Waals surface area (Å²) in [6, 6.07) is 44.1. The molecule has 0 spiro atoms. The van der Waals surface area contributed by atoms with Crippen molar-refractivity contribution in [3.63, 3.8) is 0 Å². The zero-order valence-corrected chi connectivity index (χ0v) is 35.9. The van der Waals surface area contributed by atoms with Crippen LogP contribution < -0.4 is 9.80 Å². The lowest BCUT2D eigenvalue weighted by molar-refractivity contribution is -0.138. The van der Waals surface area contributed by atoms with E-state index in [-0.39, 0.29) is 11.9 Å².